The van der Waals surface area contributed by atoms with E-state index in [0.717, 1.165) is 5.56 Å². The highest BCUT2D eigenvalue weighted by molar-refractivity contribution is 5.92. The molecule has 0 spiro atoms. The smallest absolute Gasteiger partial charge is 0.238 e. The minimum atomic E-state index is -0.344. The Morgan fingerprint density at radius 2 is 1.77 bits per heavy atom. The maximum absolute atomic E-state index is 12.8. The van der Waals surface area contributed by atoms with E-state index in [1.54, 1.807) is 0 Å². The van der Waals surface area contributed by atoms with Crippen molar-refractivity contribution in [1.29, 1.82) is 0 Å². The fraction of sp³-hybridized carbons (Fsp3) is 0.235. The summed E-state index contributed by atoms with van der Waals surface area (Å²) >= 11 is 0. The van der Waals surface area contributed by atoms with Crippen molar-refractivity contribution in [2.45, 2.75) is 12.5 Å². The lowest BCUT2D eigenvalue weighted by atomic mass is 10.0. The van der Waals surface area contributed by atoms with Gasteiger partial charge in [-0.15, -0.1) is 0 Å². The fourth-order valence-electron chi connectivity index (χ4n) is 2.16. The number of carbonyl (C=O) groups excluding carboxylic acids is 1. The Balaban J connectivity index is 1.89. The average molecular weight is 302 g/mol. The van der Waals surface area contributed by atoms with Crippen LogP contribution in [0.25, 0.3) is 0 Å². The third-order valence-corrected chi connectivity index (χ3v) is 3.26. The van der Waals surface area contributed by atoms with Gasteiger partial charge in [-0.3, -0.25) is 4.79 Å². The van der Waals surface area contributed by atoms with E-state index in [4.69, 9.17) is 5.11 Å². The van der Waals surface area contributed by atoms with E-state index in [2.05, 4.69) is 10.6 Å². The molecule has 0 aliphatic carbocycles. The number of rotatable bonds is 7. The van der Waals surface area contributed by atoms with Crippen LogP contribution >= 0.6 is 0 Å². The summed E-state index contributed by atoms with van der Waals surface area (Å²) in [6, 6.07) is 15.2. The molecule has 0 heterocycles. The predicted octanol–water partition coefficient (Wildman–Crippen LogP) is 2.48. The lowest BCUT2D eigenvalue weighted by molar-refractivity contribution is -0.115. The zero-order chi connectivity index (χ0) is 15.8. The first-order chi connectivity index (χ1) is 10.7. The lowest BCUT2D eigenvalue weighted by Gasteiger charge is -2.18. The summed E-state index contributed by atoms with van der Waals surface area (Å²) in [6.07, 6.45) is 0.522. The van der Waals surface area contributed by atoms with Gasteiger partial charge in [-0.05, 0) is 36.2 Å². The molecule has 2 aromatic rings. The molecular weight excluding hydrogens is 283 g/mol. The number of nitrogens with one attached hydrogen (secondary N) is 2. The topological polar surface area (TPSA) is 61.4 Å². The highest BCUT2D eigenvalue weighted by Crippen LogP contribution is 2.15. The van der Waals surface area contributed by atoms with Crippen molar-refractivity contribution >= 4 is 11.6 Å². The molecule has 0 aliphatic rings. The van der Waals surface area contributed by atoms with Crippen molar-refractivity contribution in [1.82, 2.24) is 5.32 Å². The van der Waals surface area contributed by atoms with Gasteiger partial charge in [-0.1, -0.05) is 30.3 Å². The molecule has 2 rings (SSSR count). The number of anilines is 1. The molecule has 22 heavy (non-hydrogen) atoms. The quantitative estimate of drug-likeness (QED) is 0.736. The summed E-state index contributed by atoms with van der Waals surface area (Å²) in [5.74, 6) is -0.561. The standard InChI is InChI=1S/C17H19FN2O2/c18-14-6-8-15(9-7-14)20-17(22)12-19-16(10-11-21)13-4-2-1-3-5-13/h1-9,16,19,21H,10-12H2,(H,20,22). The number of carbonyl (C=O) groups is 1. The van der Waals surface area contributed by atoms with E-state index in [9.17, 15) is 9.18 Å². The SMILES string of the molecule is O=C(CNC(CCO)c1ccccc1)Nc1ccc(F)cc1. The molecule has 1 atom stereocenters. The van der Waals surface area contributed by atoms with Gasteiger partial charge in [-0.2, -0.15) is 0 Å². The Bertz CT molecular complexity index is 587. The Kier molecular flexibility index (Phi) is 6.06. The second-order valence-corrected chi connectivity index (χ2v) is 4.91. The number of aliphatic hydroxyl groups excluding tert-OH is 1. The summed E-state index contributed by atoms with van der Waals surface area (Å²) in [7, 11) is 0. The zero-order valence-electron chi connectivity index (χ0n) is 12.1. The van der Waals surface area contributed by atoms with Crippen molar-refractivity contribution < 1.29 is 14.3 Å². The van der Waals surface area contributed by atoms with Gasteiger partial charge < -0.3 is 15.7 Å². The van der Waals surface area contributed by atoms with Crippen LogP contribution in [0.1, 0.15) is 18.0 Å². The number of aliphatic hydroxyl groups is 1. The van der Waals surface area contributed by atoms with Crippen molar-refractivity contribution in [2.24, 2.45) is 0 Å². The molecule has 0 saturated carbocycles. The van der Waals surface area contributed by atoms with E-state index < -0.39 is 0 Å². The van der Waals surface area contributed by atoms with Gasteiger partial charge in [0, 0.05) is 18.3 Å². The number of halogens is 1. The molecule has 1 unspecified atom stereocenters. The first kappa shape index (κ1) is 16.1. The molecule has 116 valence electrons. The van der Waals surface area contributed by atoms with Crippen LogP contribution in [-0.4, -0.2) is 24.2 Å². The number of hydrogen-bond donors (Lipinski definition) is 3. The first-order valence-electron chi connectivity index (χ1n) is 7.13. The molecule has 0 saturated heterocycles. The molecule has 0 radical (unpaired) electrons. The second-order valence-electron chi connectivity index (χ2n) is 4.91. The predicted molar refractivity (Wildman–Crippen MR) is 83.9 cm³/mol. The molecule has 3 N–H and O–H groups in total. The van der Waals surface area contributed by atoms with Crippen LogP contribution in [0.3, 0.4) is 0 Å². The molecule has 0 bridgehead atoms. The normalized spacial score (nSPS) is 11.9. The first-order valence-corrected chi connectivity index (χ1v) is 7.13. The van der Waals surface area contributed by atoms with E-state index >= 15 is 0 Å². The van der Waals surface area contributed by atoms with Crippen molar-refractivity contribution in [2.75, 3.05) is 18.5 Å². The third kappa shape index (κ3) is 4.95. The van der Waals surface area contributed by atoms with E-state index in [0.29, 0.717) is 12.1 Å². The highest BCUT2D eigenvalue weighted by atomic mass is 19.1. The van der Waals surface area contributed by atoms with Crippen LogP contribution in [0.15, 0.2) is 54.6 Å². The molecule has 1 amide bonds. The van der Waals surface area contributed by atoms with Gasteiger partial charge in [0.15, 0.2) is 0 Å². The van der Waals surface area contributed by atoms with Gasteiger partial charge >= 0.3 is 0 Å². The van der Waals surface area contributed by atoms with E-state index in [-0.39, 0.29) is 30.9 Å². The van der Waals surface area contributed by atoms with Gasteiger partial charge in [0.25, 0.3) is 0 Å². The molecule has 0 aliphatic heterocycles. The Morgan fingerprint density at radius 3 is 2.41 bits per heavy atom. The number of hydrogen-bond acceptors (Lipinski definition) is 3. The number of amides is 1. The summed E-state index contributed by atoms with van der Waals surface area (Å²) < 4.78 is 12.8. The minimum Gasteiger partial charge on any atom is -0.396 e. The van der Waals surface area contributed by atoms with Gasteiger partial charge in [0.1, 0.15) is 5.82 Å². The maximum atomic E-state index is 12.8. The molecular formula is C17H19FN2O2. The largest absolute Gasteiger partial charge is 0.396 e. The molecule has 2 aromatic carbocycles. The van der Waals surface area contributed by atoms with Crippen LogP contribution in [0.2, 0.25) is 0 Å². The zero-order valence-corrected chi connectivity index (χ0v) is 12.1. The van der Waals surface area contributed by atoms with Crippen molar-refractivity contribution in [3.63, 3.8) is 0 Å². The highest BCUT2D eigenvalue weighted by Gasteiger charge is 2.12. The van der Waals surface area contributed by atoms with Gasteiger partial charge in [0.05, 0.1) is 6.54 Å². The summed E-state index contributed by atoms with van der Waals surface area (Å²) in [5.41, 5.74) is 1.57. The fourth-order valence-corrected chi connectivity index (χ4v) is 2.16. The summed E-state index contributed by atoms with van der Waals surface area (Å²) in [5, 5.41) is 15.0. The lowest BCUT2D eigenvalue weighted by Crippen LogP contribution is -2.31. The Labute approximate surface area is 129 Å². The number of benzene rings is 2. The van der Waals surface area contributed by atoms with Crippen LogP contribution < -0.4 is 10.6 Å². The van der Waals surface area contributed by atoms with Gasteiger partial charge in [-0.25, -0.2) is 4.39 Å². The third-order valence-electron chi connectivity index (χ3n) is 3.26. The monoisotopic (exact) mass is 302 g/mol. The van der Waals surface area contributed by atoms with Gasteiger partial charge in [0.2, 0.25) is 5.91 Å². The van der Waals surface area contributed by atoms with E-state index in [1.807, 2.05) is 30.3 Å². The molecule has 0 aromatic heterocycles. The van der Waals surface area contributed by atoms with Crippen LogP contribution in [0.5, 0.6) is 0 Å². The summed E-state index contributed by atoms with van der Waals surface area (Å²) in [6.45, 7) is 0.142. The van der Waals surface area contributed by atoms with Crippen LogP contribution in [0, 0.1) is 5.82 Å². The summed E-state index contributed by atoms with van der Waals surface area (Å²) in [4.78, 5) is 11.9. The van der Waals surface area contributed by atoms with Crippen LogP contribution in [0.4, 0.5) is 10.1 Å². The molecule has 5 heteroatoms. The van der Waals surface area contributed by atoms with Crippen molar-refractivity contribution in [3.8, 4) is 0 Å². The van der Waals surface area contributed by atoms with Crippen LogP contribution in [-0.2, 0) is 4.79 Å². The Morgan fingerprint density at radius 1 is 1.09 bits per heavy atom. The molecule has 0 fully saturated rings. The molecule has 4 nitrogen and oxygen atoms in total. The average Bonchev–Trinajstić information content (AvgIpc) is 2.54. The maximum Gasteiger partial charge on any atom is 0.238 e. The second kappa shape index (κ2) is 8.26. The Hall–Kier alpha value is -2.24. The minimum absolute atomic E-state index is 0.0339. The van der Waals surface area contributed by atoms with E-state index in [1.165, 1.54) is 24.3 Å². The van der Waals surface area contributed by atoms with Crippen molar-refractivity contribution in [3.05, 3.63) is 66.0 Å².